The minimum atomic E-state index is -0.384. The fraction of sp³-hybridized carbons (Fsp3) is 0.286. The van der Waals surface area contributed by atoms with E-state index in [1.54, 1.807) is 16.8 Å². The zero-order valence-corrected chi connectivity index (χ0v) is 11.9. The number of para-hydroxylation sites is 1. The van der Waals surface area contributed by atoms with Gasteiger partial charge >= 0.3 is 0 Å². The summed E-state index contributed by atoms with van der Waals surface area (Å²) in [7, 11) is 0. The molecule has 1 heterocycles. The van der Waals surface area contributed by atoms with Gasteiger partial charge in [-0.2, -0.15) is 5.10 Å². The van der Waals surface area contributed by atoms with Gasteiger partial charge in [-0.25, -0.2) is 0 Å². The lowest BCUT2D eigenvalue weighted by Gasteiger charge is -2.15. The molecular weight excluding hydrogens is 262 g/mol. The lowest BCUT2D eigenvalue weighted by molar-refractivity contribution is -0.119. The first-order valence-corrected chi connectivity index (χ1v) is 6.45. The molecule has 0 aliphatic heterocycles. The molecule has 0 bridgehead atoms. The number of anilines is 1. The van der Waals surface area contributed by atoms with Crippen LogP contribution in [0.1, 0.15) is 24.4 Å². The Labute approximate surface area is 117 Å². The molecule has 5 heteroatoms. The van der Waals surface area contributed by atoms with Crippen molar-refractivity contribution >= 4 is 23.2 Å². The number of aryl methyl sites for hydroxylation is 2. The van der Waals surface area contributed by atoms with E-state index in [1.165, 1.54) is 0 Å². The molecule has 1 atom stereocenters. The van der Waals surface area contributed by atoms with Crippen LogP contribution in [0.15, 0.2) is 30.3 Å². The Kier molecular flexibility index (Phi) is 3.90. The first-order valence-electron chi connectivity index (χ1n) is 6.07. The van der Waals surface area contributed by atoms with E-state index in [2.05, 4.69) is 10.4 Å². The SMILES string of the molecule is Cc1cc(C)n(C(C)C(=O)Nc2ccccc2Cl)n1. The maximum Gasteiger partial charge on any atom is 0.248 e. The summed E-state index contributed by atoms with van der Waals surface area (Å²) in [4.78, 5) is 12.2. The van der Waals surface area contributed by atoms with E-state index in [9.17, 15) is 4.79 Å². The van der Waals surface area contributed by atoms with E-state index in [-0.39, 0.29) is 11.9 Å². The molecule has 2 rings (SSSR count). The normalized spacial score (nSPS) is 12.2. The van der Waals surface area contributed by atoms with Crippen LogP contribution in [0.4, 0.5) is 5.69 Å². The molecular formula is C14H16ClN3O. The maximum absolute atomic E-state index is 12.2. The molecule has 1 aromatic carbocycles. The highest BCUT2D eigenvalue weighted by molar-refractivity contribution is 6.33. The molecule has 0 spiro atoms. The lowest BCUT2D eigenvalue weighted by atomic mass is 10.2. The van der Waals surface area contributed by atoms with Crippen molar-refractivity contribution in [2.24, 2.45) is 0 Å². The van der Waals surface area contributed by atoms with Crippen LogP contribution in [0, 0.1) is 13.8 Å². The number of hydrogen-bond acceptors (Lipinski definition) is 2. The molecule has 1 amide bonds. The third-order valence-corrected chi connectivity index (χ3v) is 3.25. The van der Waals surface area contributed by atoms with Crippen LogP contribution in [-0.2, 0) is 4.79 Å². The fourth-order valence-corrected chi connectivity index (χ4v) is 2.13. The Morgan fingerprint density at radius 1 is 1.37 bits per heavy atom. The second-order valence-electron chi connectivity index (χ2n) is 4.52. The Morgan fingerprint density at radius 2 is 2.05 bits per heavy atom. The van der Waals surface area contributed by atoms with E-state index in [1.807, 2.05) is 39.0 Å². The van der Waals surface area contributed by atoms with E-state index >= 15 is 0 Å². The molecule has 0 aliphatic carbocycles. The second-order valence-corrected chi connectivity index (χ2v) is 4.92. The number of amides is 1. The first-order chi connectivity index (χ1) is 8.99. The van der Waals surface area contributed by atoms with E-state index in [0.717, 1.165) is 11.4 Å². The van der Waals surface area contributed by atoms with Gasteiger partial charge in [-0.3, -0.25) is 9.48 Å². The Bertz CT molecular complexity index is 606. The van der Waals surface area contributed by atoms with Gasteiger partial charge in [0.25, 0.3) is 0 Å². The average molecular weight is 278 g/mol. The quantitative estimate of drug-likeness (QED) is 0.935. The minimum Gasteiger partial charge on any atom is -0.323 e. The summed E-state index contributed by atoms with van der Waals surface area (Å²) >= 11 is 6.02. The molecule has 1 N–H and O–H groups in total. The fourth-order valence-electron chi connectivity index (χ4n) is 1.95. The lowest BCUT2D eigenvalue weighted by Crippen LogP contribution is -2.25. The number of nitrogens with zero attached hydrogens (tertiary/aromatic N) is 2. The van der Waals surface area contributed by atoms with Gasteiger partial charge in [0, 0.05) is 5.69 Å². The van der Waals surface area contributed by atoms with E-state index in [0.29, 0.717) is 10.7 Å². The van der Waals surface area contributed by atoms with Gasteiger partial charge in [-0.05, 0) is 39.0 Å². The van der Waals surface area contributed by atoms with Crippen LogP contribution in [0.3, 0.4) is 0 Å². The van der Waals surface area contributed by atoms with Crippen LogP contribution < -0.4 is 5.32 Å². The molecule has 0 saturated heterocycles. The van der Waals surface area contributed by atoms with Gasteiger partial charge in [0.05, 0.1) is 16.4 Å². The molecule has 19 heavy (non-hydrogen) atoms. The van der Waals surface area contributed by atoms with Crippen molar-refractivity contribution in [2.45, 2.75) is 26.8 Å². The van der Waals surface area contributed by atoms with Gasteiger partial charge in [0.15, 0.2) is 0 Å². The maximum atomic E-state index is 12.2. The largest absolute Gasteiger partial charge is 0.323 e. The van der Waals surface area contributed by atoms with Crippen LogP contribution in [-0.4, -0.2) is 15.7 Å². The van der Waals surface area contributed by atoms with Gasteiger partial charge < -0.3 is 5.32 Å². The number of carbonyl (C=O) groups is 1. The number of nitrogens with one attached hydrogen (secondary N) is 1. The topological polar surface area (TPSA) is 46.9 Å². The van der Waals surface area contributed by atoms with Crippen LogP contribution in [0.5, 0.6) is 0 Å². The number of hydrogen-bond donors (Lipinski definition) is 1. The highest BCUT2D eigenvalue weighted by Crippen LogP contribution is 2.22. The highest BCUT2D eigenvalue weighted by Gasteiger charge is 2.18. The van der Waals surface area contributed by atoms with E-state index in [4.69, 9.17) is 11.6 Å². The van der Waals surface area contributed by atoms with Crippen LogP contribution in [0.25, 0.3) is 0 Å². The predicted molar refractivity (Wildman–Crippen MR) is 76.5 cm³/mol. The molecule has 0 aliphatic rings. The number of aromatic nitrogens is 2. The summed E-state index contributed by atoms with van der Waals surface area (Å²) in [5.41, 5.74) is 2.47. The van der Waals surface area contributed by atoms with Gasteiger partial charge in [0.2, 0.25) is 5.91 Å². The highest BCUT2D eigenvalue weighted by atomic mass is 35.5. The van der Waals surface area contributed by atoms with Crippen molar-refractivity contribution in [1.29, 1.82) is 0 Å². The Balaban J connectivity index is 2.17. The zero-order valence-electron chi connectivity index (χ0n) is 11.1. The van der Waals surface area contributed by atoms with Gasteiger partial charge in [-0.15, -0.1) is 0 Å². The number of benzene rings is 1. The summed E-state index contributed by atoms with van der Waals surface area (Å²) in [6.45, 7) is 5.65. The Morgan fingerprint density at radius 3 is 2.63 bits per heavy atom. The second kappa shape index (κ2) is 5.45. The number of rotatable bonds is 3. The number of halogens is 1. The zero-order chi connectivity index (χ0) is 14.0. The van der Waals surface area contributed by atoms with Crippen molar-refractivity contribution in [3.05, 3.63) is 46.7 Å². The molecule has 4 nitrogen and oxygen atoms in total. The minimum absolute atomic E-state index is 0.140. The van der Waals surface area contributed by atoms with Crippen LogP contribution >= 0.6 is 11.6 Å². The average Bonchev–Trinajstić information content (AvgIpc) is 2.70. The summed E-state index contributed by atoms with van der Waals surface area (Å²) in [6, 6.07) is 8.72. The smallest absolute Gasteiger partial charge is 0.248 e. The molecule has 0 saturated carbocycles. The molecule has 0 radical (unpaired) electrons. The summed E-state index contributed by atoms with van der Waals surface area (Å²) in [5.74, 6) is -0.140. The third-order valence-electron chi connectivity index (χ3n) is 2.92. The molecule has 1 aromatic heterocycles. The van der Waals surface area contributed by atoms with Crippen molar-refractivity contribution in [3.63, 3.8) is 0 Å². The Hall–Kier alpha value is -1.81. The number of carbonyl (C=O) groups excluding carboxylic acids is 1. The van der Waals surface area contributed by atoms with Crippen molar-refractivity contribution < 1.29 is 4.79 Å². The summed E-state index contributed by atoms with van der Waals surface area (Å²) in [5, 5.41) is 7.66. The molecule has 100 valence electrons. The molecule has 0 fully saturated rings. The van der Waals surface area contributed by atoms with Crippen LogP contribution in [0.2, 0.25) is 5.02 Å². The molecule has 2 aromatic rings. The standard InChI is InChI=1S/C14H16ClN3O/c1-9-8-10(2)18(17-9)11(3)14(19)16-13-7-5-4-6-12(13)15/h4-8,11H,1-3H3,(H,16,19). The molecule has 1 unspecified atom stereocenters. The van der Waals surface area contributed by atoms with Crippen molar-refractivity contribution in [1.82, 2.24) is 9.78 Å². The van der Waals surface area contributed by atoms with Gasteiger partial charge in [0.1, 0.15) is 6.04 Å². The van der Waals surface area contributed by atoms with Gasteiger partial charge in [-0.1, -0.05) is 23.7 Å². The van der Waals surface area contributed by atoms with Crippen molar-refractivity contribution in [2.75, 3.05) is 5.32 Å². The first kappa shape index (κ1) is 13.6. The third kappa shape index (κ3) is 2.96. The monoisotopic (exact) mass is 277 g/mol. The predicted octanol–water partition coefficient (Wildman–Crippen LogP) is 3.35. The summed E-state index contributed by atoms with van der Waals surface area (Å²) in [6.07, 6.45) is 0. The van der Waals surface area contributed by atoms with Crippen molar-refractivity contribution in [3.8, 4) is 0 Å². The summed E-state index contributed by atoms with van der Waals surface area (Å²) < 4.78 is 1.71. The van der Waals surface area contributed by atoms with E-state index < -0.39 is 0 Å².